The fourth-order valence-electron chi connectivity index (χ4n) is 3.58. The number of amides is 1. The number of pyridine rings is 1. The third-order valence-electron chi connectivity index (χ3n) is 4.88. The molecule has 2 heterocycles. The summed E-state index contributed by atoms with van der Waals surface area (Å²) in [5.41, 5.74) is 4.07. The number of rotatable bonds is 7. The standard InChI is InChI=1S/C24H25N3O3/c1-15(2)26-24(28)23-19(14-29-3)22-18-11-17(30-13-16-7-5-4-6-8-16)9-10-20(18)27-21(22)12-25-23/h4-12,15,27H,13-14H2,1-3H3,(H,26,28). The molecule has 2 aromatic carbocycles. The van der Waals surface area contributed by atoms with E-state index in [0.717, 1.165) is 38.7 Å². The van der Waals surface area contributed by atoms with Crippen molar-refractivity contribution in [3.05, 3.63) is 71.5 Å². The van der Waals surface area contributed by atoms with E-state index in [-0.39, 0.29) is 18.6 Å². The van der Waals surface area contributed by atoms with E-state index < -0.39 is 0 Å². The molecule has 0 unspecified atom stereocenters. The van der Waals surface area contributed by atoms with Crippen LogP contribution in [0.25, 0.3) is 21.8 Å². The lowest BCUT2D eigenvalue weighted by Gasteiger charge is -2.12. The van der Waals surface area contributed by atoms with E-state index >= 15 is 0 Å². The van der Waals surface area contributed by atoms with E-state index in [2.05, 4.69) is 15.3 Å². The normalized spacial score (nSPS) is 11.3. The first kappa shape index (κ1) is 19.9. The Hall–Kier alpha value is -3.38. The van der Waals surface area contributed by atoms with E-state index in [9.17, 15) is 4.79 Å². The maximum Gasteiger partial charge on any atom is 0.270 e. The van der Waals surface area contributed by atoms with E-state index in [0.29, 0.717) is 12.3 Å². The molecular weight excluding hydrogens is 378 g/mol. The smallest absolute Gasteiger partial charge is 0.270 e. The molecule has 0 saturated heterocycles. The average Bonchev–Trinajstić information content (AvgIpc) is 3.11. The Bertz CT molecular complexity index is 1180. The van der Waals surface area contributed by atoms with Gasteiger partial charge in [-0.2, -0.15) is 0 Å². The van der Waals surface area contributed by atoms with E-state index in [1.807, 2.05) is 62.4 Å². The number of hydrogen-bond acceptors (Lipinski definition) is 4. The Morgan fingerprint density at radius 2 is 1.90 bits per heavy atom. The number of H-pyrrole nitrogens is 1. The fraction of sp³-hybridized carbons (Fsp3) is 0.250. The van der Waals surface area contributed by atoms with Gasteiger partial charge in [-0.05, 0) is 37.6 Å². The molecule has 0 aliphatic carbocycles. The number of carbonyl (C=O) groups excluding carboxylic acids is 1. The van der Waals surface area contributed by atoms with Crippen molar-refractivity contribution >= 4 is 27.7 Å². The summed E-state index contributed by atoms with van der Waals surface area (Å²) in [5.74, 6) is 0.561. The van der Waals surface area contributed by atoms with Crippen LogP contribution in [-0.2, 0) is 18.0 Å². The largest absolute Gasteiger partial charge is 0.489 e. The lowest BCUT2D eigenvalue weighted by Crippen LogP contribution is -2.31. The summed E-state index contributed by atoms with van der Waals surface area (Å²) in [6.45, 7) is 4.62. The zero-order chi connectivity index (χ0) is 21.1. The lowest BCUT2D eigenvalue weighted by atomic mass is 10.0. The van der Waals surface area contributed by atoms with Crippen molar-refractivity contribution in [2.24, 2.45) is 0 Å². The van der Waals surface area contributed by atoms with Crippen LogP contribution in [0.2, 0.25) is 0 Å². The van der Waals surface area contributed by atoms with Crippen molar-refractivity contribution in [3.8, 4) is 5.75 Å². The molecule has 2 aromatic heterocycles. The second kappa shape index (κ2) is 8.55. The van der Waals surface area contributed by atoms with Gasteiger partial charge in [-0.15, -0.1) is 0 Å². The van der Waals surface area contributed by atoms with Gasteiger partial charge in [-0.1, -0.05) is 30.3 Å². The number of ether oxygens (including phenoxy) is 2. The Morgan fingerprint density at radius 1 is 1.10 bits per heavy atom. The van der Waals surface area contributed by atoms with Gasteiger partial charge in [-0.3, -0.25) is 4.79 Å². The molecule has 30 heavy (non-hydrogen) atoms. The number of aromatic amines is 1. The first-order chi connectivity index (χ1) is 14.6. The highest BCUT2D eigenvalue weighted by Gasteiger charge is 2.20. The summed E-state index contributed by atoms with van der Waals surface area (Å²) in [6.07, 6.45) is 1.70. The number of nitrogens with one attached hydrogen (secondary N) is 2. The topological polar surface area (TPSA) is 76.2 Å². The molecule has 1 amide bonds. The summed E-state index contributed by atoms with van der Waals surface area (Å²) in [6, 6.07) is 16.0. The van der Waals surface area contributed by atoms with Gasteiger partial charge in [0.1, 0.15) is 18.1 Å². The number of hydrogen-bond donors (Lipinski definition) is 2. The van der Waals surface area contributed by atoms with Crippen molar-refractivity contribution in [1.29, 1.82) is 0 Å². The maximum absolute atomic E-state index is 12.7. The van der Waals surface area contributed by atoms with Crippen molar-refractivity contribution in [3.63, 3.8) is 0 Å². The first-order valence-corrected chi connectivity index (χ1v) is 9.96. The van der Waals surface area contributed by atoms with Crippen LogP contribution in [0.3, 0.4) is 0 Å². The summed E-state index contributed by atoms with van der Waals surface area (Å²) in [5, 5.41) is 4.83. The summed E-state index contributed by atoms with van der Waals surface area (Å²) in [7, 11) is 1.62. The molecule has 4 aromatic rings. The minimum Gasteiger partial charge on any atom is -0.489 e. The third-order valence-corrected chi connectivity index (χ3v) is 4.88. The molecule has 0 fully saturated rings. The lowest BCUT2D eigenvalue weighted by molar-refractivity contribution is 0.0933. The molecule has 6 nitrogen and oxygen atoms in total. The van der Waals surface area contributed by atoms with E-state index in [4.69, 9.17) is 9.47 Å². The van der Waals surface area contributed by atoms with Gasteiger partial charge in [0.2, 0.25) is 0 Å². The molecule has 0 radical (unpaired) electrons. The van der Waals surface area contributed by atoms with Crippen molar-refractivity contribution < 1.29 is 14.3 Å². The summed E-state index contributed by atoms with van der Waals surface area (Å²) < 4.78 is 11.4. The van der Waals surface area contributed by atoms with Crippen molar-refractivity contribution in [1.82, 2.24) is 15.3 Å². The second-order valence-corrected chi connectivity index (χ2v) is 7.54. The monoisotopic (exact) mass is 403 g/mol. The highest BCUT2D eigenvalue weighted by Crippen LogP contribution is 2.32. The third kappa shape index (κ3) is 4.00. The van der Waals surface area contributed by atoms with Crippen LogP contribution >= 0.6 is 0 Å². The molecule has 4 rings (SSSR count). The Kier molecular flexibility index (Phi) is 5.68. The van der Waals surface area contributed by atoms with Crippen LogP contribution in [-0.4, -0.2) is 29.0 Å². The summed E-state index contributed by atoms with van der Waals surface area (Å²) >= 11 is 0. The molecule has 0 spiro atoms. The Balaban J connectivity index is 1.77. The predicted molar refractivity (Wildman–Crippen MR) is 118 cm³/mol. The number of benzene rings is 2. The number of nitrogens with zero attached hydrogens (tertiary/aromatic N) is 1. The molecule has 0 bridgehead atoms. The highest BCUT2D eigenvalue weighted by molar-refractivity contribution is 6.11. The van der Waals surface area contributed by atoms with Gasteiger partial charge in [-0.25, -0.2) is 4.98 Å². The van der Waals surface area contributed by atoms with Crippen LogP contribution in [0.4, 0.5) is 0 Å². The molecule has 0 aliphatic rings. The van der Waals surface area contributed by atoms with Crippen molar-refractivity contribution in [2.75, 3.05) is 7.11 Å². The number of aromatic nitrogens is 2. The molecule has 2 N–H and O–H groups in total. The highest BCUT2D eigenvalue weighted by atomic mass is 16.5. The second-order valence-electron chi connectivity index (χ2n) is 7.54. The van der Waals surface area contributed by atoms with Gasteiger partial charge >= 0.3 is 0 Å². The van der Waals surface area contributed by atoms with Crippen LogP contribution in [0.5, 0.6) is 5.75 Å². The van der Waals surface area contributed by atoms with Crippen LogP contribution < -0.4 is 10.1 Å². The fourth-order valence-corrected chi connectivity index (χ4v) is 3.58. The van der Waals surface area contributed by atoms with Gasteiger partial charge in [0.05, 0.1) is 18.3 Å². The van der Waals surface area contributed by atoms with E-state index in [1.165, 1.54) is 0 Å². The number of fused-ring (bicyclic) bond motifs is 3. The first-order valence-electron chi connectivity index (χ1n) is 9.96. The Labute approximate surface area is 175 Å². The minimum absolute atomic E-state index is 0.0198. The molecule has 0 saturated carbocycles. The summed E-state index contributed by atoms with van der Waals surface area (Å²) in [4.78, 5) is 20.5. The molecular formula is C24H25N3O3. The van der Waals surface area contributed by atoms with Gasteiger partial charge in [0.15, 0.2) is 0 Å². The maximum atomic E-state index is 12.7. The van der Waals surface area contributed by atoms with Crippen LogP contribution in [0.1, 0.15) is 35.5 Å². The minimum atomic E-state index is -0.204. The molecule has 0 atom stereocenters. The average molecular weight is 403 g/mol. The predicted octanol–water partition coefficient (Wildman–Crippen LogP) is 4.58. The Morgan fingerprint density at radius 3 is 2.63 bits per heavy atom. The number of methoxy groups -OCH3 is 1. The van der Waals surface area contributed by atoms with Crippen LogP contribution in [0, 0.1) is 0 Å². The van der Waals surface area contributed by atoms with Crippen LogP contribution in [0.15, 0.2) is 54.7 Å². The zero-order valence-electron chi connectivity index (χ0n) is 17.4. The zero-order valence-corrected chi connectivity index (χ0v) is 17.4. The van der Waals surface area contributed by atoms with E-state index in [1.54, 1.807) is 13.3 Å². The van der Waals surface area contributed by atoms with Crippen molar-refractivity contribution in [2.45, 2.75) is 33.1 Å². The molecule has 154 valence electrons. The molecule has 0 aliphatic heterocycles. The molecule has 6 heteroatoms. The van der Waals surface area contributed by atoms with Gasteiger partial charge in [0.25, 0.3) is 5.91 Å². The van der Waals surface area contributed by atoms with Gasteiger partial charge in [0, 0.05) is 35.0 Å². The SMILES string of the molecule is COCc1c(C(=O)NC(C)C)ncc2[nH]c3ccc(OCc4ccccc4)cc3c12. The quantitative estimate of drug-likeness (QED) is 0.474. The van der Waals surface area contributed by atoms with Gasteiger partial charge < -0.3 is 19.8 Å². The number of carbonyl (C=O) groups is 1.